The molecule has 1 aliphatic carbocycles. The van der Waals surface area contributed by atoms with E-state index in [4.69, 9.17) is 25.9 Å². The third-order valence-corrected chi connectivity index (χ3v) is 5.52. The maximum Gasteiger partial charge on any atom is 0.238 e. The lowest BCUT2D eigenvalue weighted by atomic mass is 10.0. The van der Waals surface area contributed by atoms with Crippen molar-refractivity contribution in [3.05, 3.63) is 58.9 Å². The molecule has 1 aliphatic rings. The highest BCUT2D eigenvalue weighted by Crippen LogP contribution is 2.41. The molecular formula is C24H22ClN3O5. The lowest BCUT2D eigenvalue weighted by Gasteiger charge is -2.13. The predicted octanol–water partition coefficient (Wildman–Crippen LogP) is 5.35. The van der Waals surface area contributed by atoms with Crippen LogP contribution in [0.3, 0.4) is 0 Å². The van der Waals surface area contributed by atoms with Crippen molar-refractivity contribution >= 4 is 39.7 Å². The average Bonchev–Trinajstić information content (AvgIpc) is 3.06. The number of aliphatic hydroxyl groups is 1. The van der Waals surface area contributed by atoms with Crippen molar-refractivity contribution < 1.29 is 24.2 Å². The van der Waals surface area contributed by atoms with Crippen molar-refractivity contribution in [2.75, 3.05) is 14.2 Å². The van der Waals surface area contributed by atoms with Gasteiger partial charge in [-0.1, -0.05) is 16.8 Å². The molecule has 1 heterocycles. The number of hydrogen-bond acceptors (Lipinski definition) is 8. The second kappa shape index (κ2) is 9.46. The van der Waals surface area contributed by atoms with Gasteiger partial charge in [0.1, 0.15) is 24.4 Å². The van der Waals surface area contributed by atoms with Crippen LogP contribution in [0.5, 0.6) is 17.4 Å². The van der Waals surface area contributed by atoms with Crippen LogP contribution in [0.25, 0.3) is 16.6 Å². The quantitative estimate of drug-likeness (QED) is 0.368. The molecule has 170 valence electrons. The fraction of sp³-hybridized carbons (Fsp3) is 0.250. The van der Waals surface area contributed by atoms with Gasteiger partial charge < -0.3 is 19.4 Å². The molecule has 1 unspecified atom stereocenters. The van der Waals surface area contributed by atoms with Crippen molar-refractivity contribution in [2.24, 2.45) is 11.1 Å². The number of carbonyl (C=O) groups excluding carboxylic acids is 1. The molecule has 8 nitrogen and oxygen atoms in total. The number of oxime groups is 1. The minimum Gasteiger partial charge on any atom is -0.511 e. The Kier molecular flexibility index (Phi) is 6.46. The zero-order valence-corrected chi connectivity index (χ0v) is 19.1. The van der Waals surface area contributed by atoms with Gasteiger partial charge in [0, 0.05) is 22.9 Å². The predicted molar refractivity (Wildman–Crippen MR) is 125 cm³/mol. The van der Waals surface area contributed by atoms with Crippen molar-refractivity contribution in [1.29, 1.82) is 0 Å². The van der Waals surface area contributed by atoms with Gasteiger partial charge in [-0.2, -0.15) is 0 Å². The Morgan fingerprint density at radius 3 is 2.79 bits per heavy atom. The summed E-state index contributed by atoms with van der Waals surface area (Å²) < 4.78 is 11.3. The highest BCUT2D eigenvalue weighted by molar-refractivity contribution is 6.31. The topological polar surface area (TPSA) is 103 Å². The highest BCUT2D eigenvalue weighted by atomic mass is 35.5. The summed E-state index contributed by atoms with van der Waals surface area (Å²) in [5.74, 6) is 0.588. The van der Waals surface area contributed by atoms with Crippen LogP contribution in [0.2, 0.25) is 5.02 Å². The van der Waals surface area contributed by atoms with E-state index in [9.17, 15) is 9.90 Å². The first-order valence-corrected chi connectivity index (χ1v) is 10.6. The minimum absolute atomic E-state index is 0.00322. The number of aromatic nitrogens is 2. The molecule has 1 aromatic heterocycles. The smallest absolute Gasteiger partial charge is 0.238 e. The Labute approximate surface area is 195 Å². The fourth-order valence-electron chi connectivity index (χ4n) is 3.86. The summed E-state index contributed by atoms with van der Waals surface area (Å²) in [5, 5.41) is 15.3. The van der Waals surface area contributed by atoms with Gasteiger partial charge in [0.2, 0.25) is 5.88 Å². The zero-order valence-electron chi connectivity index (χ0n) is 18.3. The van der Waals surface area contributed by atoms with Crippen molar-refractivity contribution in [1.82, 2.24) is 9.97 Å². The van der Waals surface area contributed by atoms with Crippen LogP contribution in [0.4, 0.5) is 0 Å². The van der Waals surface area contributed by atoms with Gasteiger partial charge in [-0.15, -0.1) is 0 Å². The van der Waals surface area contributed by atoms with E-state index in [-0.39, 0.29) is 35.3 Å². The number of aliphatic hydroxyl groups excluding tert-OH is 1. The van der Waals surface area contributed by atoms with E-state index in [0.717, 1.165) is 0 Å². The molecule has 0 spiro atoms. The molecule has 0 amide bonds. The van der Waals surface area contributed by atoms with Gasteiger partial charge in [-0.05, 0) is 49.7 Å². The second-order valence-corrected chi connectivity index (χ2v) is 8.04. The molecule has 2 aromatic carbocycles. The first kappa shape index (κ1) is 22.5. The number of rotatable bonds is 7. The van der Waals surface area contributed by atoms with Gasteiger partial charge >= 0.3 is 0 Å². The number of benzene rings is 2. The summed E-state index contributed by atoms with van der Waals surface area (Å²) in [4.78, 5) is 26.4. The number of carbonyl (C=O) groups is 1. The molecular weight excluding hydrogens is 446 g/mol. The third kappa shape index (κ3) is 4.75. The van der Waals surface area contributed by atoms with Crippen LogP contribution in [-0.4, -0.2) is 40.8 Å². The number of ketones is 1. The number of nitrogens with zero attached hydrogens (tertiary/aromatic N) is 3. The summed E-state index contributed by atoms with van der Waals surface area (Å²) in [5.41, 5.74) is 2.63. The molecule has 3 aromatic rings. The normalized spacial score (nSPS) is 16.4. The molecule has 1 N–H and O–H groups in total. The first-order chi connectivity index (χ1) is 15.9. The maximum atomic E-state index is 12.8. The summed E-state index contributed by atoms with van der Waals surface area (Å²) in [6, 6.07) is 10.2. The van der Waals surface area contributed by atoms with Crippen LogP contribution in [0, 0.1) is 5.92 Å². The Hall–Kier alpha value is -3.65. The lowest BCUT2D eigenvalue weighted by Crippen LogP contribution is -2.06. The Balaban J connectivity index is 1.67. The molecule has 0 radical (unpaired) electrons. The van der Waals surface area contributed by atoms with E-state index in [1.165, 1.54) is 20.4 Å². The summed E-state index contributed by atoms with van der Waals surface area (Å²) in [7, 11) is 2.96. The SMILES string of the molecule is CON=C(C)CC1CC(=O)C(c2cc(Oc3cnc4cc(Cl)ccc4n3)ccc2OC)=C1O. The maximum absolute atomic E-state index is 12.8. The van der Waals surface area contributed by atoms with Crippen LogP contribution >= 0.6 is 11.6 Å². The van der Waals surface area contributed by atoms with E-state index in [1.807, 2.05) is 0 Å². The molecule has 0 bridgehead atoms. The van der Waals surface area contributed by atoms with Crippen LogP contribution < -0.4 is 9.47 Å². The molecule has 4 rings (SSSR count). The molecule has 0 saturated carbocycles. The number of Topliss-reactive ketones (excluding diaryl/α,β-unsaturated/α-hetero) is 1. The molecule has 0 fully saturated rings. The van der Waals surface area contributed by atoms with Gasteiger partial charge in [0.15, 0.2) is 5.78 Å². The van der Waals surface area contributed by atoms with E-state index in [2.05, 4.69) is 15.1 Å². The molecule has 1 atom stereocenters. The van der Waals surface area contributed by atoms with Crippen molar-refractivity contribution in [2.45, 2.75) is 19.8 Å². The number of fused-ring (bicyclic) bond motifs is 1. The second-order valence-electron chi connectivity index (χ2n) is 7.60. The Bertz CT molecular complexity index is 1290. The van der Waals surface area contributed by atoms with Crippen LogP contribution in [-0.2, 0) is 9.63 Å². The summed E-state index contributed by atoms with van der Waals surface area (Å²) in [6.07, 6.45) is 2.07. The monoisotopic (exact) mass is 467 g/mol. The molecule has 9 heteroatoms. The van der Waals surface area contributed by atoms with Gasteiger partial charge in [-0.25, -0.2) is 9.97 Å². The van der Waals surface area contributed by atoms with E-state index >= 15 is 0 Å². The van der Waals surface area contributed by atoms with Crippen molar-refractivity contribution in [3.63, 3.8) is 0 Å². The van der Waals surface area contributed by atoms with E-state index in [0.29, 0.717) is 45.3 Å². The van der Waals surface area contributed by atoms with Gasteiger partial charge in [0.05, 0.1) is 35.6 Å². The summed E-state index contributed by atoms with van der Waals surface area (Å²) >= 11 is 6.00. The van der Waals surface area contributed by atoms with E-state index in [1.54, 1.807) is 43.3 Å². The van der Waals surface area contributed by atoms with Crippen molar-refractivity contribution in [3.8, 4) is 17.4 Å². The number of methoxy groups -OCH3 is 1. The Morgan fingerprint density at radius 1 is 1.21 bits per heavy atom. The zero-order chi connectivity index (χ0) is 23.5. The Morgan fingerprint density at radius 2 is 2.03 bits per heavy atom. The number of halogens is 1. The van der Waals surface area contributed by atoms with Crippen LogP contribution in [0.15, 0.2) is 53.5 Å². The number of hydrogen-bond donors (Lipinski definition) is 1. The third-order valence-electron chi connectivity index (χ3n) is 5.29. The van der Waals surface area contributed by atoms with E-state index < -0.39 is 0 Å². The number of ether oxygens (including phenoxy) is 2. The largest absolute Gasteiger partial charge is 0.511 e. The molecule has 0 aliphatic heterocycles. The lowest BCUT2D eigenvalue weighted by molar-refractivity contribution is -0.113. The fourth-order valence-corrected chi connectivity index (χ4v) is 4.03. The van der Waals surface area contributed by atoms with Crippen LogP contribution in [0.1, 0.15) is 25.3 Å². The average molecular weight is 468 g/mol. The van der Waals surface area contributed by atoms with Gasteiger partial charge in [-0.3, -0.25) is 4.79 Å². The van der Waals surface area contributed by atoms with Gasteiger partial charge in [0.25, 0.3) is 0 Å². The molecule has 0 saturated heterocycles. The standard InChI is InChI=1S/C24H22ClN3O5/c1-13(28-32-3)8-14-9-20(29)23(24(14)30)17-11-16(5-7-21(17)31-2)33-22-12-26-19-10-15(25)4-6-18(19)27-22/h4-7,10-12,14,30H,8-9H2,1-3H3. The summed E-state index contributed by atoms with van der Waals surface area (Å²) in [6.45, 7) is 1.78. The first-order valence-electron chi connectivity index (χ1n) is 10.2. The molecule has 33 heavy (non-hydrogen) atoms. The highest BCUT2D eigenvalue weighted by Gasteiger charge is 2.35. The minimum atomic E-state index is -0.376. The number of allylic oxidation sites excluding steroid dienone is 2.